The van der Waals surface area contributed by atoms with Gasteiger partial charge in [0.15, 0.2) is 5.82 Å². The Morgan fingerprint density at radius 1 is 1.44 bits per heavy atom. The second kappa shape index (κ2) is 4.09. The third kappa shape index (κ3) is 2.05. The van der Waals surface area contributed by atoms with Crippen molar-refractivity contribution in [3.05, 3.63) is 35.9 Å². The van der Waals surface area contributed by atoms with Crippen molar-refractivity contribution < 1.29 is 14.3 Å². The first-order valence-electron chi connectivity index (χ1n) is 4.55. The lowest BCUT2D eigenvalue weighted by Gasteiger charge is -1.95. The topological polar surface area (TPSA) is 78.9 Å². The van der Waals surface area contributed by atoms with E-state index in [4.69, 9.17) is 5.11 Å². The van der Waals surface area contributed by atoms with Crippen LogP contribution in [0.5, 0.6) is 0 Å². The second-order valence-corrected chi connectivity index (χ2v) is 3.16. The van der Waals surface area contributed by atoms with Crippen LogP contribution in [0.2, 0.25) is 0 Å². The van der Waals surface area contributed by atoms with Crippen molar-refractivity contribution in [2.75, 3.05) is 0 Å². The number of hydrogen-bond acceptors (Lipinski definition) is 3. The molecule has 0 bridgehead atoms. The van der Waals surface area contributed by atoms with Crippen molar-refractivity contribution in [2.45, 2.75) is 6.42 Å². The number of carboxylic acids is 1. The maximum Gasteiger partial charge on any atom is 0.311 e. The summed E-state index contributed by atoms with van der Waals surface area (Å²) in [6.07, 6.45) is -0.262. The fraction of sp³-hybridized carbons (Fsp3) is 0.100. The normalized spacial score (nSPS) is 10.3. The Kier molecular flexibility index (Phi) is 2.63. The first-order chi connectivity index (χ1) is 7.66. The molecule has 1 aromatic heterocycles. The van der Waals surface area contributed by atoms with Gasteiger partial charge in [-0.1, -0.05) is 12.1 Å². The summed E-state index contributed by atoms with van der Waals surface area (Å²) in [7, 11) is 0. The number of H-pyrrole nitrogens is 1. The van der Waals surface area contributed by atoms with E-state index >= 15 is 0 Å². The number of rotatable bonds is 3. The number of halogens is 1. The molecule has 0 fully saturated rings. The van der Waals surface area contributed by atoms with E-state index < -0.39 is 11.8 Å². The zero-order chi connectivity index (χ0) is 11.5. The van der Waals surface area contributed by atoms with E-state index in [0.29, 0.717) is 0 Å². The molecule has 1 aromatic carbocycles. The van der Waals surface area contributed by atoms with Gasteiger partial charge in [0.2, 0.25) is 0 Å². The molecule has 5 nitrogen and oxygen atoms in total. The number of benzene rings is 1. The predicted molar refractivity (Wildman–Crippen MR) is 53.1 cm³/mol. The molecule has 82 valence electrons. The average Bonchev–Trinajstić information content (AvgIpc) is 2.66. The third-order valence-electron chi connectivity index (χ3n) is 1.97. The van der Waals surface area contributed by atoms with E-state index in [-0.39, 0.29) is 23.6 Å². The van der Waals surface area contributed by atoms with Gasteiger partial charge in [-0.05, 0) is 12.1 Å². The van der Waals surface area contributed by atoms with E-state index in [2.05, 4.69) is 15.2 Å². The van der Waals surface area contributed by atoms with E-state index in [1.165, 1.54) is 12.1 Å². The molecular weight excluding hydrogens is 213 g/mol. The molecule has 2 rings (SSSR count). The first kappa shape index (κ1) is 10.3. The standard InChI is InChI=1S/C10H8FN3O2/c11-7-4-2-1-3-6(7)10-12-8(13-14-10)5-9(15)16/h1-4H,5H2,(H,15,16)(H,12,13,14). The van der Waals surface area contributed by atoms with Crippen molar-refractivity contribution in [2.24, 2.45) is 0 Å². The molecule has 2 N–H and O–H groups in total. The number of carboxylic acid groups (broad SMARTS) is 1. The lowest BCUT2D eigenvalue weighted by molar-refractivity contribution is -0.136. The highest BCUT2D eigenvalue weighted by Gasteiger charge is 2.11. The Morgan fingerprint density at radius 3 is 2.88 bits per heavy atom. The second-order valence-electron chi connectivity index (χ2n) is 3.16. The molecule has 1 heterocycles. The Labute approximate surface area is 90.0 Å². The lowest BCUT2D eigenvalue weighted by Crippen LogP contribution is -2.01. The Hall–Kier alpha value is -2.24. The maximum absolute atomic E-state index is 13.3. The fourth-order valence-corrected chi connectivity index (χ4v) is 1.28. The number of aromatic amines is 1. The van der Waals surface area contributed by atoms with Gasteiger partial charge in [-0.15, -0.1) is 0 Å². The minimum Gasteiger partial charge on any atom is -0.481 e. The minimum absolute atomic E-state index is 0.161. The van der Waals surface area contributed by atoms with Crippen molar-refractivity contribution in [3.8, 4) is 11.4 Å². The molecule has 0 atom stereocenters. The lowest BCUT2D eigenvalue weighted by atomic mass is 10.2. The highest BCUT2D eigenvalue weighted by atomic mass is 19.1. The van der Waals surface area contributed by atoms with Crippen LogP contribution in [0.1, 0.15) is 5.82 Å². The molecule has 16 heavy (non-hydrogen) atoms. The van der Waals surface area contributed by atoms with Crippen molar-refractivity contribution in [3.63, 3.8) is 0 Å². The van der Waals surface area contributed by atoms with Crippen LogP contribution in [0.25, 0.3) is 11.4 Å². The molecule has 0 saturated heterocycles. The smallest absolute Gasteiger partial charge is 0.311 e. The number of aromatic nitrogens is 3. The van der Waals surface area contributed by atoms with Gasteiger partial charge < -0.3 is 5.11 Å². The largest absolute Gasteiger partial charge is 0.481 e. The van der Waals surface area contributed by atoms with Gasteiger partial charge in [0.05, 0.1) is 5.56 Å². The number of nitrogens with zero attached hydrogens (tertiary/aromatic N) is 2. The molecule has 0 aliphatic carbocycles. The van der Waals surface area contributed by atoms with Gasteiger partial charge in [0.25, 0.3) is 0 Å². The SMILES string of the molecule is O=C(O)Cc1nc(-c2ccccc2F)n[nH]1. The molecule has 0 amide bonds. The Morgan fingerprint density at radius 2 is 2.19 bits per heavy atom. The minimum atomic E-state index is -1.02. The molecule has 2 aromatic rings. The quantitative estimate of drug-likeness (QED) is 0.817. The van der Waals surface area contributed by atoms with Crippen molar-refractivity contribution in [1.82, 2.24) is 15.2 Å². The fourth-order valence-electron chi connectivity index (χ4n) is 1.28. The number of aliphatic carboxylic acids is 1. The van der Waals surface area contributed by atoms with E-state index in [0.717, 1.165) is 0 Å². The van der Waals surface area contributed by atoms with Crippen LogP contribution in [0.4, 0.5) is 4.39 Å². The summed E-state index contributed by atoms with van der Waals surface area (Å²) >= 11 is 0. The van der Waals surface area contributed by atoms with Gasteiger partial charge in [-0.2, -0.15) is 5.10 Å². The van der Waals surface area contributed by atoms with Gasteiger partial charge in [-0.25, -0.2) is 9.37 Å². The third-order valence-corrected chi connectivity index (χ3v) is 1.97. The van der Waals surface area contributed by atoms with E-state index in [9.17, 15) is 9.18 Å². The van der Waals surface area contributed by atoms with Gasteiger partial charge in [0, 0.05) is 0 Å². The summed E-state index contributed by atoms with van der Waals surface area (Å²) < 4.78 is 13.3. The van der Waals surface area contributed by atoms with Crippen molar-refractivity contribution >= 4 is 5.97 Å². The van der Waals surface area contributed by atoms with Gasteiger partial charge >= 0.3 is 5.97 Å². The van der Waals surface area contributed by atoms with Crippen LogP contribution in [-0.2, 0) is 11.2 Å². The van der Waals surface area contributed by atoms with E-state index in [1.807, 2.05) is 0 Å². The molecule has 6 heteroatoms. The van der Waals surface area contributed by atoms with Crippen LogP contribution in [0.3, 0.4) is 0 Å². The molecule has 0 unspecified atom stereocenters. The number of carbonyl (C=O) groups is 1. The molecule has 0 aliphatic rings. The predicted octanol–water partition coefficient (Wildman–Crippen LogP) is 1.24. The first-order valence-corrected chi connectivity index (χ1v) is 4.55. The van der Waals surface area contributed by atoms with Crippen LogP contribution in [0, 0.1) is 5.82 Å². The summed E-state index contributed by atoms with van der Waals surface area (Å²) in [6, 6.07) is 6.04. The summed E-state index contributed by atoms with van der Waals surface area (Å²) in [5.74, 6) is -1.10. The van der Waals surface area contributed by atoms with Crippen LogP contribution in [0.15, 0.2) is 24.3 Å². The summed E-state index contributed by atoms with van der Waals surface area (Å²) in [5.41, 5.74) is 0.246. The monoisotopic (exact) mass is 221 g/mol. The number of hydrogen-bond donors (Lipinski definition) is 2. The van der Waals surface area contributed by atoms with Crippen LogP contribution < -0.4 is 0 Å². The zero-order valence-corrected chi connectivity index (χ0v) is 8.14. The number of nitrogens with one attached hydrogen (secondary N) is 1. The Balaban J connectivity index is 2.32. The zero-order valence-electron chi connectivity index (χ0n) is 8.14. The van der Waals surface area contributed by atoms with Crippen molar-refractivity contribution in [1.29, 1.82) is 0 Å². The maximum atomic E-state index is 13.3. The van der Waals surface area contributed by atoms with Crippen LogP contribution >= 0.6 is 0 Å². The van der Waals surface area contributed by atoms with Gasteiger partial charge in [0.1, 0.15) is 18.1 Å². The van der Waals surface area contributed by atoms with Gasteiger partial charge in [-0.3, -0.25) is 9.89 Å². The van der Waals surface area contributed by atoms with Crippen LogP contribution in [-0.4, -0.2) is 26.3 Å². The molecule has 0 saturated carbocycles. The molecule has 0 spiro atoms. The molecule has 0 radical (unpaired) electrons. The highest BCUT2D eigenvalue weighted by molar-refractivity contribution is 5.69. The molecular formula is C10H8FN3O2. The summed E-state index contributed by atoms with van der Waals surface area (Å²) in [4.78, 5) is 14.3. The average molecular weight is 221 g/mol. The Bertz CT molecular complexity index is 524. The van der Waals surface area contributed by atoms with E-state index in [1.54, 1.807) is 12.1 Å². The molecule has 0 aliphatic heterocycles. The highest BCUT2D eigenvalue weighted by Crippen LogP contribution is 2.18. The summed E-state index contributed by atoms with van der Waals surface area (Å²) in [5, 5.41) is 14.8. The summed E-state index contributed by atoms with van der Waals surface area (Å²) in [6.45, 7) is 0.